The van der Waals surface area contributed by atoms with E-state index in [0.29, 0.717) is 6.54 Å². The van der Waals surface area contributed by atoms with Gasteiger partial charge in [0, 0.05) is 19.6 Å². The molecule has 0 aliphatic carbocycles. The first kappa shape index (κ1) is 17.3. The summed E-state index contributed by atoms with van der Waals surface area (Å²) in [4.78, 5) is 13.9. The standard InChI is InChI=1S/C15H21F3N2O/c1-5-10(3)20(4)14(21)11-8-7-9-12(15(16,17)18)13(11)19-6-2/h7-10,19H,5-6H2,1-4H3. The SMILES string of the molecule is CCNc1c(C(=O)N(C)C(C)CC)cccc1C(F)(F)F. The third-order valence-electron chi connectivity index (χ3n) is 3.53. The van der Waals surface area contributed by atoms with Crippen LogP contribution in [0.2, 0.25) is 0 Å². The molecule has 1 unspecified atom stereocenters. The Hall–Kier alpha value is -1.72. The van der Waals surface area contributed by atoms with Crippen LogP contribution in [0.1, 0.15) is 43.1 Å². The lowest BCUT2D eigenvalue weighted by atomic mass is 10.0. The molecule has 0 aliphatic rings. The van der Waals surface area contributed by atoms with Gasteiger partial charge < -0.3 is 10.2 Å². The van der Waals surface area contributed by atoms with E-state index in [9.17, 15) is 18.0 Å². The Morgan fingerprint density at radius 2 is 1.95 bits per heavy atom. The topological polar surface area (TPSA) is 32.3 Å². The van der Waals surface area contributed by atoms with Crippen molar-refractivity contribution in [2.75, 3.05) is 18.9 Å². The second-order valence-electron chi connectivity index (χ2n) is 4.93. The molecule has 6 heteroatoms. The van der Waals surface area contributed by atoms with Crippen molar-refractivity contribution in [2.24, 2.45) is 0 Å². The van der Waals surface area contributed by atoms with Crippen LogP contribution in [0.25, 0.3) is 0 Å². The Kier molecular flexibility index (Phi) is 5.63. The van der Waals surface area contributed by atoms with Crippen molar-refractivity contribution in [3.05, 3.63) is 29.3 Å². The van der Waals surface area contributed by atoms with Crippen LogP contribution >= 0.6 is 0 Å². The fourth-order valence-electron chi connectivity index (χ4n) is 2.00. The fraction of sp³-hybridized carbons (Fsp3) is 0.533. The van der Waals surface area contributed by atoms with Crippen molar-refractivity contribution < 1.29 is 18.0 Å². The van der Waals surface area contributed by atoms with Crippen LogP contribution in [-0.2, 0) is 6.18 Å². The molecule has 0 aromatic heterocycles. The van der Waals surface area contributed by atoms with Crippen LogP contribution in [0.5, 0.6) is 0 Å². The van der Waals surface area contributed by atoms with Gasteiger partial charge >= 0.3 is 6.18 Å². The molecule has 118 valence electrons. The molecule has 1 aromatic carbocycles. The number of carbonyl (C=O) groups excluding carboxylic acids is 1. The summed E-state index contributed by atoms with van der Waals surface area (Å²) in [7, 11) is 1.60. The average molecular weight is 302 g/mol. The van der Waals surface area contributed by atoms with E-state index in [1.165, 1.54) is 17.0 Å². The number of para-hydroxylation sites is 1. The van der Waals surface area contributed by atoms with Crippen molar-refractivity contribution in [1.29, 1.82) is 0 Å². The smallest absolute Gasteiger partial charge is 0.384 e. The number of alkyl halides is 3. The van der Waals surface area contributed by atoms with Crippen LogP contribution in [-0.4, -0.2) is 30.4 Å². The predicted molar refractivity (Wildman–Crippen MR) is 77.5 cm³/mol. The van der Waals surface area contributed by atoms with Crippen LogP contribution < -0.4 is 5.32 Å². The summed E-state index contributed by atoms with van der Waals surface area (Å²) in [5, 5.41) is 2.68. The number of rotatable bonds is 5. The lowest BCUT2D eigenvalue weighted by Gasteiger charge is -2.26. The Morgan fingerprint density at radius 3 is 2.43 bits per heavy atom. The van der Waals surface area contributed by atoms with Gasteiger partial charge in [0.2, 0.25) is 0 Å². The van der Waals surface area contributed by atoms with Crippen molar-refractivity contribution in [3.8, 4) is 0 Å². The summed E-state index contributed by atoms with van der Waals surface area (Å²) in [6, 6.07) is 3.63. The van der Waals surface area contributed by atoms with Gasteiger partial charge in [-0.25, -0.2) is 0 Å². The molecule has 1 N–H and O–H groups in total. The van der Waals surface area contributed by atoms with Gasteiger partial charge in [0.05, 0.1) is 16.8 Å². The minimum atomic E-state index is -4.50. The maximum atomic E-state index is 13.1. The van der Waals surface area contributed by atoms with Gasteiger partial charge in [-0.3, -0.25) is 4.79 Å². The fourth-order valence-corrected chi connectivity index (χ4v) is 2.00. The number of halogens is 3. The minimum absolute atomic E-state index is 0.0403. The Labute approximate surface area is 123 Å². The van der Waals surface area contributed by atoms with E-state index >= 15 is 0 Å². The molecule has 1 atom stereocenters. The van der Waals surface area contributed by atoms with Crippen molar-refractivity contribution >= 4 is 11.6 Å². The number of hydrogen-bond acceptors (Lipinski definition) is 2. The third-order valence-corrected chi connectivity index (χ3v) is 3.53. The zero-order valence-corrected chi connectivity index (χ0v) is 12.7. The van der Waals surface area contributed by atoms with Crippen LogP contribution in [0, 0.1) is 0 Å². The van der Waals surface area contributed by atoms with Gasteiger partial charge in [0.1, 0.15) is 0 Å². The zero-order chi connectivity index (χ0) is 16.2. The second kappa shape index (κ2) is 6.83. The molecule has 0 heterocycles. The molecule has 21 heavy (non-hydrogen) atoms. The third kappa shape index (κ3) is 3.89. The molecular weight excluding hydrogens is 281 g/mol. The highest BCUT2D eigenvalue weighted by atomic mass is 19.4. The maximum absolute atomic E-state index is 13.1. The van der Waals surface area contributed by atoms with E-state index in [2.05, 4.69) is 5.32 Å². The first-order chi connectivity index (χ1) is 9.73. The van der Waals surface area contributed by atoms with Crippen LogP contribution in [0.3, 0.4) is 0 Å². The van der Waals surface area contributed by atoms with Crippen molar-refractivity contribution in [2.45, 2.75) is 39.4 Å². The first-order valence-electron chi connectivity index (χ1n) is 6.95. The van der Waals surface area contributed by atoms with E-state index < -0.39 is 17.6 Å². The molecule has 1 amide bonds. The van der Waals surface area contributed by atoms with Crippen LogP contribution in [0.4, 0.5) is 18.9 Å². The molecule has 1 aromatic rings. The first-order valence-corrected chi connectivity index (χ1v) is 6.95. The van der Waals surface area contributed by atoms with Gasteiger partial charge in [0.25, 0.3) is 5.91 Å². The molecule has 0 spiro atoms. The summed E-state index contributed by atoms with van der Waals surface area (Å²) in [6.07, 6.45) is -3.76. The quantitative estimate of drug-likeness (QED) is 0.891. The molecule has 0 saturated carbocycles. The molecule has 0 aliphatic heterocycles. The summed E-state index contributed by atoms with van der Waals surface area (Å²) >= 11 is 0. The van der Waals surface area contributed by atoms with E-state index in [-0.39, 0.29) is 17.3 Å². The number of anilines is 1. The van der Waals surface area contributed by atoms with E-state index in [1.807, 2.05) is 13.8 Å². The lowest BCUT2D eigenvalue weighted by molar-refractivity contribution is -0.137. The minimum Gasteiger partial charge on any atom is -0.384 e. The highest BCUT2D eigenvalue weighted by Gasteiger charge is 2.35. The normalized spacial score (nSPS) is 12.9. The lowest BCUT2D eigenvalue weighted by Crippen LogP contribution is -2.35. The van der Waals surface area contributed by atoms with E-state index in [1.54, 1.807) is 14.0 Å². The molecule has 0 fully saturated rings. The van der Waals surface area contributed by atoms with Gasteiger partial charge in [0.15, 0.2) is 0 Å². The summed E-state index contributed by atoms with van der Waals surface area (Å²) in [5.74, 6) is -0.411. The summed E-state index contributed by atoms with van der Waals surface area (Å²) < 4.78 is 39.2. The van der Waals surface area contributed by atoms with E-state index in [4.69, 9.17) is 0 Å². The number of benzene rings is 1. The molecule has 0 saturated heterocycles. The maximum Gasteiger partial charge on any atom is 0.418 e. The van der Waals surface area contributed by atoms with Crippen LogP contribution in [0.15, 0.2) is 18.2 Å². The van der Waals surface area contributed by atoms with Crippen molar-refractivity contribution in [1.82, 2.24) is 4.90 Å². The second-order valence-corrected chi connectivity index (χ2v) is 4.93. The Bertz CT molecular complexity index is 500. The van der Waals surface area contributed by atoms with E-state index in [0.717, 1.165) is 12.5 Å². The highest BCUT2D eigenvalue weighted by molar-refractivity contribution is 6.00. The number of hydrogen-bond donors (Lipinski definition) is 1. The summed E-state index contributed by atoms with van der Waals surface area (Å²) in [5.41, 5.74) is -0.908. The Balaban J connectivity index is 3.32. The van der Waals surface area contributed by atoms with Crippen molar-refractivity contribution in [3.63, 3.8) is 0 Å². The van der Waals surface area contributed by atoms with Gasteiger partial charge in [-0.1, -0.05) is 13.0 Å². The number of nitrogens with one attached hydrogen (secondary N) is 1. The zero-order valence-electron chi connectivity index (χ0n) is 12.7. The Morgan fingerprint density at radius 1 is 1.33 bits per heavy atom. The molecule has 3 nitrogen and oxygen atoms in total. The van der Waals surface area contributed by atoms with Gasteiger partial charge in [-0.05, 0) is 32.4 Å². The number of nitrogens with zero attached hydrogens (tertiary/aromatic N) is 1. The molecular formula is C15H21F3N2O. The predicted octanol–water partition coefficient (Wildman–Crippen LogP) is 4.01. The molecule has 1 rings (SSSR count). The molecule has 0 radical (unpaired) electrons. The monoisotopic (exact) mass is 302 g/mol. The summed E-state index contributed by atoms with van der Waals surface area (Å²) in [6.45, 7) is 5.78. The highest BCUT2D eigenvalue weighted by Crippen LogP contribution is 2.37. The molecule has 0 bridgehead atoms. The van der Waals surface area contributed by atoms with Gasteiger partial charge in [-0.2, -0.15) is 13.2 Å². The number of amides is 1. The largest absolute Gasteiger partial charge is 0.418 e. The number of carbonyl (C=O) groups is 1. The van der Waals surface area contributed by atoms with Gasteiger partial charge in [-0.15, -0.1) is 0 Å². The average Bonchev–Trinajstić information content (AvgIpc) is 2.44.